The lowest BCUT2D eigenvalue weighted by Gasteiger charge is -2.13. The maximum Gasteiger partial charge on any atom is 0.335 e. The summed E-state index contributed by atoms with van der Waals surface area (Å²) in [5.74, 6) is -1.34. The number of hydrogen-bond acceptors (Lipinski definition) is 5. The Balaban J connectivity index is 1.61. The van der Waals surface area contributed by atoms with Crippen molar-refractivity contribution >= 4 is 45.0 Å². The molecule has 1 amide bonds. The third-order valence-corrected chi connectivity index (χ3v) is 6.73. The molecular weight excluding hydrogens is 436 g/mol. The van der Waals surface area contributed by atoms with Gasteiger partial charge in [0.05, 0.1) is 15.7 Å². The number of hydrogen-bond donors (Lipinski definition) is 3. The Bertz CT molecular complexity index is 1180. The van der Waals surface area contributed by atoms with Crippen molar-refractivity contribution in [2.45, 2.75) is 22.0 Å². The molecule has 0 aliphatic rings. The first-order valence-electron chi connectivity index (χ1n) is 9.23. The Kier molecular flexibility index (Phi) is 6.98. The first-order chi connectivity index (χ1) is 14.7. The summed E-state index contributed by atoms with van der Waals surface area (Å²) >= 11 is 1.30. The van der Waals surface area contributed by atoms with Gasteiger partial charge in [0.25, 0.3) is 10.0 Å². The number of amides is 1. The maximum atomic E-state index is 12.4. The summed E-state index contributed by atoms with van der Waals surface area (Å²) in [6.07, 6.45) is 0. The summed E-state index contributed by atoms with van der Waals surface area (Å²) in [7, 11) is -3.67. The summed E-state index contributed by atoms with van der Waals surface area (Å²) in [6.45, 7) is 1.73. The van der Waals surface area contributed by atoms with Gasteiger partial charge in [-0.25, -0.2) is 13.2 Å². The number of thioether (sulfide) groups is 1. The van der Waals surface area contributed by atoms with Crippen LogP contribution < -0.4 is 10.0 Å². The molecule has 0 spiro atoms. The van der Waals surface area contributed by atoms with Crippen LogP contribution in [0.15, 0.2) is 88.7 Å². The number of aromatic carboxylic acids is 1. The molecule has 0 saturated heterocycles. The van der Waals surface area contributed by atoms with E-state index in [4.69, 9.17) is 5.11 Å². The number of rotatable bonds is 8. The van der Waals surface area contributed by atoms with Crippen LogP contribution in [0.2, 0.25) is 0 Å². The van der Waals surface area contributed by atoms with E-state index in [-0.39, 0.29) is 16.4 Å². The molecule has 0 radical (unpaired) electrons. The normalized spacial score (nSPS) is 12.0. The van der Waals surface area contributed by atoms with Gasteiger partial charge >= 0.3 is 5.97 Å². The van der Waals surface area contributed by atoms with E-state index in [0.717, 1.165) is 4.90 Å². The van der Waals surface area contributed by atoms with E-state index in [1.807, 2.05) is 0 Å². The van der Waals surface area contributed by atoms with Gasteiger partial charge in [-0.2, -0.15) is 0 Å². The highest BCUT2D eigenvalue weighted by Crippen LogP contribution is 2.26. The average molecular weight is 457 g/mol. The molecule has 0 bridgehead atoms. The van der Waals surface area contributed by atoms with E-state index in [1.54, 1.807) is 61.5 Å². The second-order valence-electron chi connectivity index (χ2n) is 6.58. The minimum Gasteiger partial charge on any atom is -0.478 e. The molecule has 160 valence electrons. The number of nitrogens with one attached hydrogen (secondary N) is 2. The zero-order valence-electron chi connectivity index (χ0n) is 16.5. The maximum absolute atomic E-state index is 12.4. The monoisotopic (exact) mass is 456 g/mol. The first kappa shape index (κ1) is 22.4. The van der Waals surface area contributed by atoms with Crippen LogP contribution in [0, 0.1) is 0 Å². The zero-order chi connectivity index (χ0) is 22.4. The van der Waals surface area contributed by atoms with Crippen molar-refractivity contribution in [3.05, 3.63) is 84.4 Å². The summed E-state index contributed by atoms with van der Waals surface area (Å²) in [6, 6.07) is 20.8. The Morgan fingerprint density at radius 3 is 2.23 bits per heavy atom. The number of carbonyl (C=O) groups excluding carboxylic acids is 1. The van der Waals surface area contributed by atoms with Crippen molar-refractivity contribution in [3.63, 3.8) is 0 Å². The molecule has 1 unspecified atom stereocenters. The minimum atomic E-state index is -3.67. The van der Waals surface area contributed by atoms with Crippen LogP contribution in [0.1, 0.15) is 17.3 Å². The van der Waals surface area contributed by atoms with Gasteiger partial charge in [-0.05, 0) is 61.5 Å². The molecule has 0 aromatic heterocycles. The Hall–Kier alpha value is -3.30. The van der Waals surface area contributed by atoms with Crippen LogP contribution in [0.4, 0.5) is 11.4 Å². The van der Waals surface area contributed by atoms with Crippen molar-refractivity contribution < 1.29 is 23.1 Å². The van der Waals surface area contributed by atoms with Gasteiger partial charge in [0.15, 0.2) is 0 Å². The number of sulfonamides is 1. The van der Waals surface area contributed by atoms with Crippen molar-refractivity contribution in [2.24, 2.45) is 0 Å². The van der Waals surface area contributed by atoms with Gasteiger partial charge in [-0.1, -0.05) is 24.3 Å². The van der Waals surface area contributed by atoms with E-state index in [0.29, 0.717) is 11.4 Å². The van der Waals surface area contributed by atoms with Gasteiger partial charge in [-0.3, -0.25) is 9.52 Å². The molecule has 3 aromatic carbocycles. The highest BCUT2D eigenvalue weighted by atomic mass is 32.2. The van der Waals surface area contributed by atoms with Crippen LogP contribution in [0.3, 0.4) is 0 Å². The van der Waals surface area contributed by atoms with E-state index >= 15 is 0 Å². The minimum absolute atomic E-state index is 0.0895. The fraction of sp³-hybridized carbons (Fsp3) is 0.0909. The molecule has 1 atom stereocenters. The van der Waals surface area contributed by atoms with E-state index in [9.17, 15) is 18.0 Å². The molecular formula is C22H20N2O5S2. The summed E-state index contributed by atoms with van der Waals surface area (Å²) in [5.41, 5.74) is 0.908. The van der Waals surface area contributed by atoms with E-state index in [2.05, 4.69) is 10.0 Å². The Morgan fingerprint density at radius 1 is 0.903 bits per heavy atom. The van der Waals surface area contributed by atoms with E-state index < -0.39 is 21.2 Å². The fourth-order valence-electron chi connectivity index (χ4n) is 2.65. The van der Waals surface area contributed by atoms with E-state index in [1.165, 1.54) is 36.0 Å². The van der Waals surface area contributed by atoms with Crippen LogP contribution in [-0.4, -0.2) is 30.7 Å². The van der Waals surface area contributed by atoms with Crippen LogP contribution >= 0.6 is 11.8 Å². The first-order valence-corrected chi connectivity index (χ1v) is 11.6. The third kappa shape index (κ3) is 6.09. The molecule has 9 heteroatoms. The molecule has 3 rings (SSSR count). The molecule has 0 fully saturated rings. The lowest BCUT2D eigenvalue weighted by atomic mass is 10.2. The fourth-order valence-corrected chi connectivity index (χ4v) is 4.59. The molecule has 3 N–H and O–H groups in total. The van der Waals surface area contributed by atoms with Crippen LogP contribution in [0.25, 0.3) is 0 Å². The lowest BCUT2D eigenvalue weighted by Crippen LogP contribution is -2.22. The second kappa shape index (κ2) is 9.67. The highest BCUT2D eigenvalue weighted by Gasteiger charge is 2.16. The Labute approximate surface area is 184 Å². The highest BCUT2D eigenvalue weighted by molar-refractivity contribution is 8.00. The Morgan fingerprint density at radius 2 is 1.58 bits per heavy atom. The van der Waals surface area contributed by atoms with Crippen LogP contribution in [0.5, 0.6) is 0 Å². The number of benzene rings is 3. The smallest absolute Gasteiger partial charge is 0.335 e. The second-order valence-corrected chi connectivity index (χ2v) is 9.67. The van der Waals surface area contributed by atoms with Gasteiger partial charge in [0.1, 0.15) is 0 Å². The van der Waals surface area contributed by atoms with Crippen molar-refractivity contribution in [1.82, 2.24) is 0 Å². The van der Waals surface area contributed by atoms with Gasteiger partial charge in [-0.15, -0.1) is 11.8 Å². The van der Waals surface area contributed by atoms with Gasteiger partial charge in [0.2, 0.25) is 5.91 Å². The number of carboxylic acids is 1. The summed E-state index contributed by atoms with van der Waals surface area (Å²) in [5, 5.41) is 11.3. The predicted octanol–water partition coefficient (Wildman–Crippen LogP) is 4.30. The quantitative estimate of drug-likeness (QED) is 0.436. The molecule has 0 aliphatic heterocycles. The third-order valence-electron chi connectivity index (χ3n) is 4.22. The lowest BCUT2D eigenvalue weighted by molar-refractivity contribution is -0.115. The molecule has 31 heavy (non-hydrogen) atoms. The summed E-state index contributed by atoms with van der Waals surface area (Å²) < 4.78 is 27.3. The number of carbonyl (C=O) groups is 2. The average Bonchev–Trinajstić information content (AvgIpc) is 2.75. The largest absolute Gasteiger partial charge is 0.478 e. The molecule has 7 nitrogen and oxygen atoms in total. The van der Waals surface area contributed by atoms with Crippen molar-refractivity contribution in [2.75, 3.05) is 10.0 Å². The SMILES string of the molecule is CC(Sc1ccc(NS(=O)(=O)c2ccccc2)cc1)C(=O)Nc1cccc(C(=O)O)c1. The van der Waals surface area contributed by atoms with Crippen molar-refractivity contribution in [3.8, 4) is 0 Å². The number of anilines is 2. The number of carboxylic acid groups (broad SMARTS) is 1. The van der Waals surface area contributed by atoms with Gasteiger partial charge in [0, 0.05) is 16.3 Å². The molecule has 0 aliphatic carbocycles. The van der Waals surface area contributed by atoms with Gasteiger partial charge < -0.3 is 10.4 Å². The summed E-state index contributed by atoms with van der Waals surface area (Å²) in [4.78, 5) is 24.4. The molecule has 3 aromatic rings. The molecule has 0 heterocycles. The molecule has 0 saturated carbocycles. The zero-order valence-corrected chi connectivity index (χ0v) is 18.1. The standard InChI is InChI=1S/C22H20N2O5S2/c1-15(21(25)23-18-7-5-6-16(14-18)22(26)27)30-19-12-10-17(11-13-19)24-31(28,29)20-8-3-2-4-9-20/h2-15,24H,1H3,(H,23,25)(H,26,27). The topological polar surface area (TPSA) is 113 Å². The predicted molar refractivity (Wildman–Crippen MR) is 121 cm³/mol. The van der Waals surface area contributed by atoms with Crippen molar-refractivity contribution in [1.29, 1.82) is 0 Å². The van der Waals surface area contributed by atoms with Crippen LogP contribution in [-0.2, 0) is 14.8 Å².